The van der Waals surface area contributed by atoms with E-state index in [4.69, 9.17) is 0 Å². The summed E-state index contributed by atoms with van der Waals surface area (Å²) in [6.07, 6.45) is 2.31. The van der Waals surface area contributed by atoms with Crippen molar-refractivity contribution in [2.45, 2.75) is 40.0 Å². The number of aryl methyl sites for hydroxylation is 1. The summed E-state index contributed by atoms with van der Waals surface area (Å²) in [6.45, 7) is 6.09. The Balaban J connectivity index is 2.75. The van der Waals surface area contributed by atoms with Crippen LogP contribution in [0.5, 0.6) is 17.2 Å². The quantitative estimate of drug-likeness (QED) is 0.791. The molecule has 0 aliphatic heterocycles. The molecule has 112 valence electrons. The number of benzene rings is 2. The van der Waals surface area contributed by atoms with Crippen LogP contribution in [0, 0.1) is 0 Å². The predicted octanol–water partition coefficient (Wildman–Crippen LogP) is 4.16. The first kappa shape index (κ1) is 15.2. The molecule has 0 aliphatic carbocycles. The van der Waals surface area contributed by atoms with E-state index in [-0.39, 0.29) is 11.5 Å². The summed E-state index contributed by atoms with van der Waals surface area (Å²) >= 11 is 0. The van der Waals surface area contributed by atoms with Crippen LogP contribution in [0.25, 0.3) is 11.1 Å². The van der Waals surface area contributed by atoms with Gasteiger partial charge in [0, 0.05) is 11.6 Å². The molecule has 3 heteroatoms. The first-order chi connectivity index (χ1) is 10.0. The molecule has 0 saturated heterocycles. The van der Waals surface area contributed by atoms with Crippen molar-refractivity contribution >= 4 is 0 Å². The highest BCUT2D eigenvalue weighted by Gasteiger charge is 2.16. The van der Waals surface area contributed by atoms with Gasteiger partial charge < -0.3 is 15.3 Å². The summed E-state index contributed by atoms with van der Waals surface area (Å²) in [4.78, 5) is 0. The molecule has 0 bridgehead atoms. The van der Waals surface area contributed by atoms with Crippen LogP contribution in [-0.4, -0.2) is 15.3 Å². The fourth-order valence-electron chi connectivity index (χ4n) is 2.89. The van der Waals surface area contributed by atoms with Crippen LogP contribution in [0.2, 0.25) is 0 Å². The van der Waals surface area contributed by atoms with Gasteiger partial charge in [-0.25, -0.2) is 0 Å². The monoisotopic (exact) mass is 286 g/mol. The van der Waals surface area contributed by atoms with Gasteiger partial charge >= 0.3 is 0 Å². The van der Waals surface area contributed by atoms with Crippen LogP contribution in [0.15, 0.2) is 24.3 Å². The molecule has 3 nitrogen and oxygen atoms in total. The lowest BCUT2D eigenvalue weighted by Crippen LogP contribution is -1.99. The van der Waals surface area contributed by atoms with Crippen LogP contribution in [-0.2, 0) is 19.3 Å². The standard InChI is InChI=1S/C18H22O3/c1-4-11-9-17(12-7-13(19)10-14(20)8-12)16(6-3)18(21)15(11)5-2/h7-10,19-21H,4-6H2,1-3H3. The zero-order chi connectivity index (χ0) is 15.6. The molecule has 0 spiro atoms. The summed E-state index contributed by atoms with van der Waals surface area (Å²) in [5.41, 5.74) is 4.54. The second-order valence-corrected chi connectivity index (χ2v) is 5.19. The van der Waals surface area contributed by atoms with Gasteiger partial charge in [-0.05, 0) is 53.6 Å². The van der Waals surface area contributed by atoms with Gasteiger partial charge in [-0.2, -0.15) is 0 Å². The van der Waals surface area contributed by atoms with Crippen molar-refractivity contribution in [1.82, 2.24) is 0 Å². The number of phenols is 3. The zero-order valence-corrected chi connectivity index (χ0v) is 12.8. The van der Waals surface area contributed by atoms with E-state index in [2.05, 4.69) is 13.0 Å². The second-order valence-electron chi connectivity index (χ2n) is 5.19. The minimum absolute atomic E-state index is 0.0177. The van der Waals surface area contributed by atoms with Crippen molar-refractivity contribution in [1.29, 1.82) is 0 Å². The molecule has 0 radical (unpaired) electrons. The second kappa shape index (κ2) is 6.08. The molecule has 0 saturated carbocycles. The van der Waals surface area contributed by atoms with Gasteiger partial charge in [-0.3, -0.25) is 0 Å². The van der Waals surface area contributed by atoms with E-state index in [1.807, 2.05) is 13.8 Å². The summed E-state index contributed by atoms with van der Waals surface area (Å²) < 4.78 is 0. The molecule has 0 fully saturated rings. The molecule has 0 atom stereocenters. The number of hydrogen-bond donors (Lipinski definition) is 3. The normalized spacial score (nSPS) is 10.8. The number of phenolic OH excluding ortho intramolecular Hbond substituents is 3. The van der Waals surface area contributed by atoms with E-state index in [1.54, 1.807) is 12.1 Å². The van der Waals surface area contributed by atoms with E-state index in [0.717, 1.165) is 40.7 Å². The molecule has 21 heavy (non-hydrogen) atoms. The fraction of sp³-hybridized carbons (Fsp3) is 0.333. The minimum Gasteiger partial charge on any atom is -0.508 e. The Bertz CT molecular complexity index is 640. The van der Waals surface area contributed by atoms with Crippen LogP contribution in [0.1, 0.15) is 37.5 Å². The van der Waals surface area contributed by atoms with Gasteiger partial charge in [0.1, 0.15) is 17.2 Å². The third kappa shape index (κ3) is 2.82. The molecular weight excluding hydrogens is 264 g/mol. The van der Waals surface area contributed by atoms with Gasteiger partial charge in [0.05, 0.1) is 0 Å². The van der Waals surface area contributed by atoms with Gasteiger partial charge in [0.25, 0.3) is 0 Å². The van der Waals surface area contributed by atoms with Crippen LogP contribution >= 0.6 is 0 Å². The van der Waals surface area contributed by atoms with Crippen molar-refractivity contribution < 1.29 is 15.3 Å². The van der Waals surface area contributed by atoms with E-state index in [0.29, 0.717) is 12.2 Å². The lowest BCUT2D eigenvalue weighted by molar-refractivity contribution is 0.450. The largest absolute Gasteiger partial charge is 0.508 e. The number of hydrogen-bond acceptors (Lipinski definition) is 3. The summed E-state index contributed by atoms with van der Waals surface area (Å²) in [5, 5.41) is 29.9. The lowest BCUT2D eigenvalue weighted by Gasteiger charge is -2.18. The molecule has 2 rings (SSSR count). The Morgan fingerprint density at radius 1 is 0.714 bits per heavy atom. The first-order valence-corrected chi connectivity index (χ1v) is 7.41. The third-order valence-corrected chi connectivity index (χ3v) is 3.90. The molecule has 0 amide bonds. The van der Waals surface area contributed by atoms with Crippen molar-refractivity contribution in [3.63, 3.8) is 0 Å². The highest BCUT2D eigenvalue weighted by Crippen LogP contribution is 2.38. The maximum atomic E-state index is 10.6. The van der Waals surface area contributed by atoms with E-state index < -0.39 is 0 Å². The molecule has 0 aliphatic rings. The van der Waals surface area contributed by atoms with Gasteiger partial charge in [0.15, 0.2) is 0 Å². The summed E-state index contributed by atoms with van der Waals surface area (Å²) in [5.74, 6) is 0.380. The van der Waals surface area contributed by atoms with Crippen molar-refractivity contribution in [3.8, 4) is 28.4 Å². The topological polar surface area (TPSA) is 60.7 Å². The van der Waals surface area contributed by atoms with Crippen molar-refractivity contribution in [2.24, 2.45) is 0 Å². The molecule has 3 N–H and O–H groups in total. The van der Waals surface area contributed by atoms with Crippen molar-refractivity contribution in [3.05, 3.63) is 41.0 Å². The molecule has 0 aromatic heterocycles. The van der Waals surface area contributed by atoms with Crippen LogP contribution in [0.3, 0.4) is 0 Å². The maximum Gasteiger partial charge on any atom is 0.122 e. The third-order valence-electron chi connectivity index (χ3n) is 3.90. The summed E-state index contributed by atoms with van der Waals surface area (Å²) in [6, 6.07) is 6.58. The number of aromatic hydroxyl groups is 3. The average molecular weight is 286 g/mol. The Morgan fingerprint density at radius 2 is 1.29 bits per heavy atom. The molecule has 2 aromatic rings. The SMILES string of the molecule is CCc1cc(-c2cc(O)cc(O)c2)c(CC)c(O)c1CC. The van der Waals surface area contributed by atoms with Crippen LogP contribution < -0.4 is 0 Å². The Labute approximate surface area is 125 Å². The highest BCUT2D eigenvalue weighted by atomic mass is 16.3. The molecule has 2 aromatic carbocycles. The van der Waals surface area contributed by atoms with Gasteiger partial charge in [0.2, 0.25) is 0 Å². The molecule has 0 heterocycles. The Morgan fingerprint density at radius 3 is 1.76 bits per heavy atom. The first-order valence-electron chi connectivity index (χ1n) is 7.41. The number of rotatable bonds is 4. The molecular formula is C18H22O3. The minimum atomic E-state index is 0.0177. The zero-order valence-electron chi connectivity index (χ0n) is 12.8. The Kier molecular flexibility index (Phi) is 4.41. The smallest absolute Gasteiger partial charge is 0.122 e. The van der Waals surface area contributed by atoms with E-state index in [9.17, 15) is 15.3 Å². The average Bonchev–Trinajstić information content (AvgIpc) is 2.45. The van der Waals surface area contributed by atoms with E-state index in [1.165, 1.54) is 6.07 Å². The summed E-state index contributed by atoms with van der Waals surface area (Å²) in [7, 11) is 0. The highest BCUT2D eigenvalue weighted by molar-refractivity contribution is 5.74. The van der Waals surface area contributed by atoms with Gasteiger partial charge in [-0.1, -0.05) is 26.8 Å². The van der Waals surface area contributed by atoms with Crippen molar-refractivity contribution in [2.75, 3.05) is 0 Å². The van der Waals surface area contributed by atoms with Gasteiger partial charge in [-0.15, -0.1) is 0 Å². The predicted molar refractivity (Wildman–Crippen MR) is 85.0 cm³/mol. The van der Waals surface area contributed by atoms with Crippen LogP contribution in [0.4, 0.5) is 0 Å². The Hall–Kier alpha value is -2.16. The van der Waals surface area contributed by atoms with E-state index >= 15 is 0 Å². The lowest BCUT2D eigenvalue weighted by atomic mass is 9.89. The maximum absolute atomic E-state index is 10.6. The fourth-order valence-corrected chi connectivity index (χ4v) is 2.89. The molecule has 0 unspecified atom stereocenters.